The van der Waals surface area contributed by atoms with Gasteiger partial charge in [0.2, 0.25) is 0 Å². The van der Waals surface area contributed by atoms with Crippen LogP contribution in [0.4, 0.5) is 0 Å². The second-order valence-electron chi connectivity index (χ2n) is 4.62. The molecule has 6 heteroatoms. The topological polar surface area (TPSA) is 96.8 Å². The zero-order valence-electron chi connectivity index (χ0n) is 10.9. The third-order valence-corrected chi connectivity index (χ3v) is 1.64. The first-order valence-electron chi connectivity index (χ1n) is 5.71. The Labute approximate surface area is 103 Å². The Hall–Kier alpha value is -0.690. The number of hydrogen-bond donors (Lipinski definition) is 2. The molecular formula is C11H24N2O4. The highest BCUT2D eigenvalue weighted by Gasteiger charge is 2.21. The van der Waals surface area contributed by atoms with E-state index in [0.717, 1.165) is 0 Å². The molecule has 0 unspecified atom stereocenters. The molecule has 4 N–H and O–H groups in total. The molecule has 1 atom stereocenters. The van der Waals surface area contributed by atoms with Gasteiger partial charge in [-0.25, -0.2) is 0 Å². The minimum absolute atomic E-state index is 0.126. The zero-order chi connectivity index (χ0) is 13.3. The Morgan fingerprint density at radius 2 is 1.76 bits per heavy atom. The van der Waals surface area contributed by atoms with Gasteiger partial charge in [-0.3, -0.25) is 4.79 Å². The van der Waals surface area contributed by atoms with Gasteiger partial charge >= 0.3 is 5.97 Å². The van der Waals surface area contributed by atoms with Crippen LogP contribution in [0.2, 0.25) is 0 Å². The van der Waals surface area contributed by atoms with Crippen LogP contribution in [0.25, 0.3) is 0 Å². The molecule has 0 fully saturated rings. The van der Waals surface area contributed by atoms with Gasteiger partial charge < -0.3 is 25.7 Å². The lowest BCUT2D eigenvalue weighted by Crippen LogP contribution is -2.40. The van der Waals surface area contributed by atoms with Gasteiger partial charge in [0.15, 0.2) is 0 Å². The molecule has 0 rings (SSSR count). The summed E-state index contributed by atoms with van der Waals surface area (Å²) in [6.45, 7) is 7.31. The Morgan fingerprint density at radius 1 is 1.18 bits per heavy atom. The molecule has 0 aliphatic rings. The molecule has 0 aromatic rings. The smallest absolute Gasteiger partial charge is 0.325 e. The third kappa shape index (κ3) is 10.2. The Balaban J connectivity index is 3.58. The van der Waals surface area contributed by atoms with Crippen LogP contribution < -0.4 is 11.5 Å². The van der Waals surface area contributed by atoms with Crippen molar-refractivity contribution in [3.05, 3.63) is 0 Å². The fourth-order valence-electron chi connectivity index (χ4n) is 0.959. The highest BCUT2D eigenvalue weighted by atomic mass is 16.6. The average Bonchev–Trinajstić information content (AvgIpc) is 2.20. The minimum Gasteiger partial charge on any atom is -0.459 e. The molecule has 0 aliphatic heterocycles. The molecule has 0 saturated carbocycles. The molecule has 0 heterocycles. The minimum atomic E-state index is -0.760. The molecule has 6 nitrogen and oxygen atoms in total. The van der Waals surface area contributed by atoms with Crippen molar-refractivity contribution in [1.29, 1.82) is 0 Å². The zero-order valence-corrected chi connectivity index (χ0v) is 10.9. The summed E-state index contributed by atoms with van der Waals surface area (Å²) in [7, 11) is 0. The number of carbonyl (C=O) groups excluding carboxylic acids is 1. The average molecular weight is 248 g/mol. The van der Waals surface area contributed by atoms with Gasteiger partial charge in [0.25, 0.3) is 0 Å². The lowest BCUT2D eigenvalue weighted by molar-refractivity contribution is -0.158. The van der Waals surface area contributed by atoms with Crippen LogP contribution in [-0.4, -0.2) is 50.6 Å². The number of carbonyl (C=O) groups is 1. The van der Waals surface area contributed by atoms with E-state index in [9.17, 15) is 4.79 Å². The molecule has 0 amide bonds. The van der Waals surface area contributed by atoms with Crippen molar-refractivity contribution in [3.8, 4) is 0 Å². The normalized spacial score (nSPS) is 13.5. The van der Waals surface area contributed by atoms with Crippen molar-refractivity contribution in [2.24, 2.45) is 11.5 Å². The van der Waals surface area contributed by atoms with Crippen molar-refractivity contribution < 1.29 is 19.0 Å². The maximum absolute atomic E-state index is 11.4. The van der Waals surface area contributed by atoms with Crippen LogP contribution in [0.5, 0.6) is 0 Å². The van der Waals surface area contributed by atoms with Crippen LogP contribution in [0.1, 0.15) is 20.8 Å². The lowest BCUT2D eigenvalue weighted by atomic mass is 10.2. The second-order valence-corrected chi connectivity index (χ2v) is 4.62. The van der Waals surface area contributed by atoms with Crippen molar-refractivity contribution in [2.45, 2.75) is 32.4 Å². The molecule has 102 valence electrons. The number of nitrogens with two attached hydrogens (primary N) is 2. The standard InChI is InChI=1S/C11H24N2O4/c1-11(2,3)17-10(14)9(13)8-16-7-6-15-5-4-12/h9H,4-8,12-13H2,1-3H3/t9-/m1/s1. The maximum Gasteiger partial charge on any atom is 0.325 e. The van der Waals surface area contributed by atoms with Crippen molar-refractivity contribution in [2.75, 3.05) is 33.0 Å². The third-order valence-electron chi connectivity index (χ3n) is 1.64. The second kappa shape index (κ2) is 8.41. The van der Waals surface area contributed by atoms with E-state index in [0.29, 0.717) is 26.4 Å². The summed E-state index contributed by atoms with van der Waals surface area (Å²) in [6, 6.07) is -0.760. The number of esters is 1. The summed E-state index contributed by atoms with van der Waals surface area (Å²) in [4.78, 5) is 11.4. The van der Waals surface area contributed by atoms with Crippen molar-refractivity contribution >= 4 is 5.97 Å². The first-order chi connectivity index (χ1) is 7.87. The van der Waals surface area contributed by atoms with Gasteiger partial charge in [-0.1, -0.05) is 0 Å². The number of ether oxygens (including phenoxy) is 3. The lowest BCUT2D eigenvalue weighted by Gasteiger charge is -2.22. The summed E-state index contributed by atoms with van der Waals surface area (Å²) in [5.74, 6) is -0.458. The van der Waals surface area contributed by atoms with E-state index in [1.54, 1.807) is 20.8 Å². The predicted octanol–water partition coefficient (Wildman–Crippen LogP) is -0.353. The van der Waals surface area contributed by atoms with Gasteiger partial charge in [-0.15, -0.1) is 0 Å². The number of hydrogen-bond acceptors (Lipinski definition) is 6. The van der Waals surface area contributed by atoms with Crippen LogP contribution in [-0.2, 0) is 19.0 Å². The van der Waals surface area contributed by atoms with Gasteiger partial charge in [-0.05, 0) is 20.8 Å². The summed E-state index contributed by atoms with van der Waals surface area (Å²) in [5, 5.41) is 0. The van der Waals surface area contributed by atoms with Crippen LogP contribution in [0.3, 0.4) is 0 Å². The quantitative estimate of drug-likeness (QED) is 0.450. The van der Waals surface area contributed by atoms with E-state index in [1.807, 2.05) is 0 Å². The van der Waals surface area contributed by atoms with E-state index in [4.69, 9.17) is 25.7 Å². The summed E-state index contributed by atoms with van der Waals surface area (Å²) < 4.78 is 15.4. The summed E-state index contributed by atoms with van der Waals surface area (Å²) in [5.41, 5.74) is 10.3. The Morgan fingerprint density at radius 3 is 2.29 bits per heavy atom. The van der Waals surface area contributed by atoms with Gasteiger partial charge in [0.1, 0.15) is 11.6 Å². The largest absolute Gasteiger partial charge is 0.459 e. The van der Waals surface area contributed by atoms with Gasteiger partial charge in [-0.2, -0.15) is 0 Å². The van der Waals surface area contributed by atoms with Gasteiger partial charge in [0, 0.05) is 6.54 Å². The molecule has 0 spiro atoms. The molecule has 0 aromatic heterocycles. The fourth-order valence-corrected chi connectivity index (χ4v) is 0.959. The van der Waals surface area contributed by atoms with E-state index in [-0.39, 0.29) is 6.61 Å². The first-order valence-corrected chi connectivity index (χ1v) is 5.71. The molecule has 0 bridgehead atoms. The highest BCUT2D eigenvalue weighted by molar-refractivity contribution is 5.76. The van der Waals surface area contributed by atoms with Crippen molar-refractivity contribution in [1.82, 2.24) is 0 Å². The first kappa shape index (κ1) is 16.3. The molecule has 0 aromatic carbocycles. The van der Waals surface area contributed by atoms with E-state index < -0.39 is 17.6 Å². The van der Waals surface area contributed by atoms with E-state index in [1.165, 1.54) is 0 Å². The molecule has 17 heavy (non-hydrogen) atoms. The highest BCUT2D eigenvalue weighted by Crippen LogP contribution is 2.07. The summed E-state index contributed by atoms with van der Waals surface area (Å²) >= 11 is 0. The number of rotatable bonds is 8. The predicted molar refractivity (Wildman–Crippen MR) is 64.5 cm³/mol. The Bertz CT molecular complexity index is 216. The van der Waals surface area contributed by atoms with Crippen LogP contribution in [0, 0.1) is 0 Å². The van der Waals surface area contributed by atoms with E-state index >= 15 is 0 Å². The van der Waals surface area contributed by atoms with Gasteiger partial charge in [0.05, 0.1) is 26.4 Å². The molecule has 0 radical (unpaired) electrons. The fraction of sp³-hybridized carbons (Fsp3) is 0.909. The van der Waals surface area contributed by atoms with Crippen molar-refractivity contribution in [3.63, 3.8) is 0 Å². The molecule has 0 saturated heterocycles. The monoisotopic (exact) mass is 248 g/mol. The van der Waals surface area contributed by atoms with Crippen LogP contribution in [0.15, 0.2) is 0 Å². The summed E-state index contributed by atoms with van der Waals surface area (Å²) in [6.07, 6.45) is 0. The Kier molecular flexibility index (Phi) is 8.07. The van der Waals surface area contributed by atoms with E-state index in [2.05, 4.69) is 0 Å². The van der Waals surface area contributed by atoms with Crippen LogP contribution >= 0.6 is 0 Å². The SMILES string of the molecule is CC(C)(C)OC(=O)[C@H](N)COCCOCCN. The molecule has 0 aliphatic carbocycles. The molecular weight excluding hydrogens is 224 g/mol. The maximum atomic E-state index is 11.4.